The molecule has 0 spiro atoms. The number of nitrogens with one attached hydrogen (secondary N) is 2. The lowest BCUT2D eigenvalue weighted by molar-refractivity contribution is 0.103. The van der Waals surface area contributed by atoms with Crippen LogP contribution in [0.1, 0.15) is 24.2 Å². The third-order valence-electron chi connectivity index (χ3n) is 2.61. The SMILES string of the molecule is CCNC(=O)NCC(OC)c1ccccc1C. The number of aryl methyl sites for hydroxylation is 1. The van der Waals surface area contributed by atoms with Gasteiger partial charge in [-0.25, -0.2) is 4.79 Å². The summed E-state index contributed by atoms with van der Waals surface area (Å²) in [5.41, 5.74) is 2.27. The Morgan fingerprint density at radius 3 is 2.65 bits per heavy atom. The Bertz CT molecular complexity index is 366. The molecule has 1 unspecified atom stereocenters. The van der Waals surface area contributed by atoms with Crippen LogP contribution in [0.4, 0.5) is 4.79 Å². The van der Waals surface area contributed by atoms with Gasteiger partial charge in [-0.05, 0) is 25.0 Å². The topological polar surface area (TPSA) is 50.4 Å². The first-order chi connectivity index (χ1) is 8.19. The summed E-state index contributed by atoms with van der Waals surface area (Å²) in [4.78, 5) is 11.3. The Morgan fingerprint density at radius 1 is 1.35 bits per heavy atom. The number of rotatable bonds is 5. The van der Waals surface area contributed by atoms with Gasteiger partial charge in [0.05, 0.1) is 6.10 Å². The average Bonchev–Trinajstić information content (AvgIpc) is 2.32. The van der Waals surface area contributed by atoms with Gasteiger partial charge >= 0.3 is 6.03 Å². The van der Waals surface area contributed by atoms with Crippen molar-refractivity contribution in [1.82, 2.24) is 10.6 Å². The molecule has 17 heavy (non-hydrogen) atoms. The van der Waals surface area contributed by atoms with E-state index in [9.17, 15) is 4.79 Å². The Hall–Kier alpha value is -1.55. The molecule has 2 amide bonds. The monoisotopic (exact) mass is 236 g/mol. The second-order valence-electron chi connectivity index (χ2n) is 3.82. The Morgan fingerprint density at radius 2 is 2.06 bits per heavy atom. The zero-order chi connectivity index (χ0) is 12.7. The average molecular weight is 236 g/mol. The number of hydrogen-bond donors (Lipinski definition) is 2. The third-order valence-corrected chi connectivity index (χ3v) is 2.61. The van der Waals surface area contributed by atoms with Gasteiger partial charge in [0, 0.05) is 20.2 Å². The number of ether oxygens (including phenoxy) is 1. The number of carbonyl (C=O) groups excluding carboxylic acids is 1. The van der Waals surface area contributed by atoms with Crippen LogP contribution in [0.25, 0.3) is 0 Å². The van der Waals surface area contributed by atoms with Crippen LogP contribution in [0.2, 0.25) is 0 Å². The molecule has 1 aromatic carbocycles. The molecule has 0 heterocycles. The maximum atomic E-state index is 11.3. The molecule has 4 nitrogen and oxygen atoms in total. The molecule has 0 aliphatic rings. The van der Waals surface area contributed by atoms with E-state index in [4.69, 9.17) is 4.74 Å². The van der Waals surface area contributed by atoms with E-state index in [0.29, 0.717) is 13.1 Å². The zero-order valence-electron chi connectivity index (χ0n) is 10.6. The minimum Gasteiger partial charge on any atom is -0.375 e. The highest BCUT2D eigenvalue weighted by atomic mass is 16.5. The second kappa shape index (κ2) is 6.91. The quantitative estimate of drug-likeness (QED) is 0.821. The van der Waals surface area contributed by atoms with Gasteiger partial charge in [0.25, 0.3) is 0 Å². The van der Waals surface area contributed by atoms with Crippen molar-refractivity contribution in [3.63, 3.8) is 0 Å². The van der Waals surface area contributed by atoms with Crippen LogP contribution >= 0.6 is 0 Å². The molecule has 0 fully saturated rings. The van der Waals surface area contributed by atoms with Crippen LogP contribution in [0, 0.1) is 6.92 Å². The van der Waals surface area contributed by atoms with Gasteiger partial charge in [-0.15, -0.1) is 0 Å². The molecule has 4 heteroatoms. The molecule has 0 aromatic heterocycles. The van der Waals surface area contributed by atoms with Crippen LogP contribution in [-0.2, 0) is 4.74 Å². The smallest absolute Gasteiger partial charge is 0.314 e. The fourth-order valence-electron chi connectivity index (χ4n) is 1.68. The van der Waals surface area contributed by atoms with Crippen molar-refractivity contribution in [2.24, 2.45) is 0 Å². The minimum absolute atomic E-state index is 0.112. The molecule has 94 valence electrons. The first-order valence-electron chi connectivity index (χ1n) is 5.79. The lowest BCUT2D eigenvalue weighted by Gasteiger charge is -2.18. The molecule has 0 saturated carbocycles. The minimum atomic E-state index is -0.164. The lowest BCUT2D eigenvalue weighted by atomic mass is 10.0. The third kappa shape index (κ3) is 4.07. The normalized spacial score (nSPS) is 11.9. The van der Waals surface area contributed by atoms with E-state index >= 15 is 0 Å². The number of urea groups is 1. The summed E-state index contributed by atoms with van der Waals surface area (Å²) in [5, 5.41) is 5.47. The number of benzene rings is 1. The van der Waals surface area contributed by atoms with Crippen molar-refractivity contribution in [2.75, 3.05) is 20.2 Å². The largest absolute Gasteiger partial charge is 0.375 e. The van der Waals surface area contributed by atoms with E-state index in [1.54, 1.807) is 7.11 Å². The molecular weight excluding hydrogens is 216 g/mol. The molecule has 1 atom stereocenters. The number of hydrogen-bond acceptors (Lipinski definition) is 2. The standard InChI is InChI=1S/C13H20N2O2/c1-4-14-13(16)15-9-12(17-3)11-8-6-5-7-10(11)2/h5-8,12H,4,9H2,1-3H3,(H2,14,15,16). The molecule has 0 bridgehead atoms. The maximum absolute atomic E-state index is 11.3. The number of methoxy groups -OCH3 is 1. The van der Waals surface area contributed by atoms with Gasteiger partial charge in [-0.3, -0.25) is 0 Å². The van der Waals surface area contributed by atoms with E-state index in [-0.39, 0.29) is 12.1 Å². The van der Waals surface area contributed by atoms with Crippen LogP contribution < -0.4 is 10.6 Å². The van der Waals surface area contributed by atoms with Gasteiger partial charge in [-0.1, -0.05) is 24.3 Å². The highest BCUT2D eigenvalue weighted by Crippen LogP contribution is 2.19. The fraction of sp³-hybridized carbons (Fsp3) is 0.462. The molecule has 1 aromatic rings. The molecule has 2 N–H and O–H groups in total. The summed E-state index contributed by atoms with van der Waals surface area (Å²) in [7, 11) is 1.65. The van der Waals surface area contributed by atoms with E-state index in [0.717, 1.165) is 11.1 Å². The molecular formula is C13H20N2O2. The molecule has 0 radical (unpaired) electrons. The summed E-state index contributed by atoms with van der Waals surface area (Å²) < 4.78 is 5.40. The van der Waals surface area contributed by atoms with Crippen molar-refractivity contribution >= 4 is 6.03 Å². The van der Waals surface area contributed by atoms with Gasteiger partial charge in [-0.2, -0.15) is 0 Å². The van der Waals surface area contributed by atoms with Gasteiger partial charge in [0.15, 0.2) is 0 Å². The van der Waals surface area contributed by atoms with Crippen molar-refractivity contribution in [3.8, 4) is 0 Å². The second-order valence-corrected chi connectivity index (χ2v) is 3.82. The first-order valence-corrected chi connectivity index (χ1v) is 5.79. The van der Waals surface area contributed by atoms with Gasteiger partial charge < -0.3 is 15.4 Å². The Kier molecular flexibility index (Phi) is 5.49. The molecule has 0 aliphatic heterocycles. The van der Waals surface area contributed by atoms with E-state index in [1.165, 1.54) is 0 Å². The molecule has 0 aliphatic carbocycles. The van der Waals surface area contributed by atoms with Crippen molar-refractivity contribution in [3.05, 3.63) is 35.4 Å². The van der Waals surface area contributed by atoms with Crippen molar-refractivity contribution in [2.45, 2.75) is 20.0 Å². The summed E-state index contributed by atoms with van der Waals surface area (Å²) in [6.45, 7) is 5.00. The highest BCUT2D eigenvalue weighted by molar-refractivity contribution is 5.73. The maximum Gasteiger partial charge on any atom is 0.314 e. The summed E-state index contributed by atoms with van der Waals surface area (Å²) in [6.07, 6.45) is -0.112. The van der Waals surface area contributed by atoms with Crippen LogP contribution in [0.3, 0.4) is 0 Å². The van der Waals surface area contributed by atoms with Crippen LogP contribution in [-0.4, -0.2) is 26.2 Å². The lowest BCUT2D eigenvalue weighted by Crippen LogP contribution is -2.38. The summed E-state index contributed by atoms with van der Waals surface area (Å²) >= 11 is 0. The van der Waals surface area contributed by atoms with E-state index in [2.05, 4.69) is 10.6 Å². The van der Waals surface area contributed by atoms with Crippen molar-refractivity contribution < 1.29 is 9.53 Å². The van der Waals surface area contributed by atoms with E-state index in [1.807, 2.05) is 38.1 Å². The fourth-order valence-corrected chi connectivity index (χ4v) is 1.68. The Balaban J connectivity index is 2.60. The van der Waals surface area contributed by atoms with Gasteiger partial charge in [0.2, 0.25) is 0 Å². The predicted molar refractivity (Wildman–Crippen MR) is 68.0 cm³/mol. The van der Waals surface area contributed by atoms with Gasteiger partial charge in [0.1, 0.15) is 0 Å². The number of carbonyl (C=O) groups is 1. The summed E-state index contributed by atoms with van der Waals surface area (Å²) in [5.74, 6) is 0. The zero-order valence-corrected chi connectivity index (χ0v) is 10.6. The van der Waals surface area contributed by atoms with E-state index < -0.39 is 0 Å². The van der Waals surface area contributed by atoms with Crippen LogP contribution in [0.5, 0.6) is 0 Å². The van der Waals surface area contributed by atoms with Crippen LogP contribution in [0.15, 0.2) is 24.3 Å². The molecule has 1 rings (SSSR count). The van der Waals surface area contributed by atoms with Crippen molar-refractivity contribution in [1.29, 1.82) is 0 Å². The highest BCUT2D eigenvalue weighted by Gasteiger charge is 2.13. The predicted octanol–water partition coefficient (Wildman–Crippen LogP) is 2.00. The number of amides is 2. The summed E-state index contributed by atoms with van der Waals surface area (Å²) in [6, 6.07) is 7.85. The Labute approximate surface area is 102 Å². The first kappa shape index (κ1) is 13.5. The molecule has 0 saturated heterocycles.